The number of anilines is 1. The fourth-order valence-corrected chi connectivity index (χ4v) is 1.43. The Labute approximate surface area is 97.8 Å². The molecule has 0 aromatic carbocycles. The molecule has 2 aromatic heterocycles. The third-order valence-corrected chi connectivity index (χ3v) is 2.25. The Kier molecular flexibility index (Phi) is 3.71. The van der Waals surface area contributed by atoms with Crippen molar-refractivity contribution >= 4 is 11.5 Å². The van der Waals surface area contributed by atoms with Crippen molar-refractivity contribution in [3.8, 4) is 0 Å². The summed E-state index contributed by atoms with van der Waals surface area (Å²) in [4.78, 5) is 11.3. The highest BCUT2D eigenvalue weighted by molar-refractivity contribution is 5.42. The van der Waals surface area contributed by atoms with E-state index in [1.54, 1.807) is 12.1 Å². The second-order valence-electron chi connectivity index (χ2n) is 3.49. The van der Waals surface area contributed by atoms with Gasteiger partial charge in [0.15, 0.2) is 5.65 Å². The van der Waals surface area contributed by atoms with Crippen molar-refractivity contribution < 1.29 is 4.74 Å². The molecule has 7 heteroatoms. The summed E-state index contributed by atoms with van der Waals surface area (Å²) in [5, 5.41) is 13.4. The van der Waals surface area contributed by atoms with Crippen molar-refractivity contribution in [2.45, 2.75) is 13.3 Å². The molecular weight excluding hydrogens is 222 g/mol. The third kappa shape index (κ3) is 2.82. The molecule has 0 spiro atoms. The van der Waals surface area contributed by atoms with Crippen LogP contribution in [-0.2, 0) is 4.74 Å². The minimum absolute atomic E-state index is 0.335. The molecule has 92 valence electrons. The first-order chi connectivity index (χ1) is 8.31. The predicted molar refractivity (Wildman–Crippen MR) is 63.2 cm³/mol. The Morgan fingerprint density at radius 3 is 3.24 bits per heavy atom. The molecule has 0 saturated carbocycles. The van der Waals surface area contributed by atoms with E-state index in [9.17, 15) is 4.79 Å². The molecule has 0 aliphatic carbocycles. The minimum atomic E-state index is -0.335. The topological polar surface area (TPSA) is 84.3 Å². The standard InChI is InChI=1S/C10H15N5O2/c1-2-17-7-3-6-11-8-4-5-9-12-13-10(16)15(9)14-8/h4-5H,2-3,6-7H2,1H3,(H,11,14)(H,13,16). The van der Waals surface area contributed by atoms with Crippen LogP contribution in [0.5, 0.6) is 0 Å². The summed E-state index contributed by atoms with van der Waals surface area (Å²) in [5.41, 5.74) is 0.174. The smallest absolute Gasteiger partial charge is 0.364 e. The van der Waals surface area contributed by atoms with Gasteiger partial charge in [0.25, 0.3) is 0 Å². The summed E-state index contributed by atoms with van der Waals surface area (Å²) in [5.74, 6) is 0.650. The largest absolute Gasteiger partial charge is 0.382 e. The van der Waals surface area contributed by atoms with Gasteiger partial charge in [-0.15, -0.1) is 5.10 Å². The first-order valence-electron chi connectivity index (χ1n) is 5.57. The van der Waals surface area contributed by atoms with Crippen molar-refractivity contribution in [2.24, 2.45) is 0 Å². The zero-order valence-corrected chi connectivity index (χ0v) is 9.64. The molecule has 17 heavy (non-hydrogen) atoms. The summed E-state index contributed by atoms with van der Waals surface area (Å²) in [6.45, 7) is 4.17. The normalized spacial score (nSPS) is 10.9. The van der Waals surface area contributed by atoms with Gasteiger partial charge >= 0.3 is 5.69 Å². The number of hydrogen-bond donors (Lipinski definition) is 2. The van der Waals surface area contributed by atoms with Gasteiger partial charge in [-0.3, -0.25) is 0 Å². The first kappa shape index (κ1) is 11.6. The van der Waals surface area contributed by atoms with Crippen molar-refractivity contribution in [3.05, 3.63) is 22.6 Å². The average molecular weight is 237 g/mol. The van der Waals surface area contributed by atoms with E-state index in [0.29, 0.717) is 11.5 Å². The molecule has 0 fully saturated rings. The molecule has 0 radical (unpaired) electrons. The number of aromatic nitrogens is 4. The van der Waals surface area contributed by atoms with E-state index in [4.69, 9.17) is 4.74 Å². The maximum absolute atomic E-state index is 11.3. The molecule has 0 aliphatic rings. The van der Waals surface area contributed by atoms with E-state index in [2.05, 4.69) is 20.6 Å². The predicted octanol–water partition coefficient (Wildman–Crippen LogP) is 0.256. The molecule has 2 N–H and O–H groups in total. The average Bonchev–Trinajstić information content (AvgIpc) is 2.71. The number of ether oxygens (including phenoxy) is 1. The van der Waals surface area contributed by atoms with Crippen LogP contribution in [0.4, 0.5) is 5.82 Å². The second kappa shape index (κ2) is 5.44. The molecule has 0 bridgehead atoms. The van der Waals surface area contributed by atoms with Crippen LogP contribution in [0, 0.1) is 0 Å². The van der Waals surface area contributed by atoms with Gasteiger partial charge in [0.2, 0.25) is 0 Å². The molecule has 7 nitrogen and oxygen atoms in total. The van der Waals surface area contributed by atoms with E-state index >= 15 is 0 Å². The SMILES string of the molecule is CCOCCCNc1ccc2n[nH]c(=O)n2n1. The van der Waals surface area contributed by atoms with Crippen LogP contribution in [0.1, 0.15) is 13.3 Å². The van der Waals surface area contributed by atoms with Crippen LogP contribution < -0.4 is 11.0 Å². The van der Waals surface area contributed by atoms with Gasteiger partial charge in [-0.25, -0.2) is 9.89 Å². The van der Waals surface area contributed by atoms with Crippen LogP contribution in [0.15, 0.2) is 16.9 Å². The molecule has 0 unspecified atom stereocenters. The Hall–Kier alpha value is -1.89. The molecular formula is C10H15N5O2. The maximum Gasteiger partial charge on any atom is 0.364 e. The van der Waals surface area contributed by atoms with E-state index < -0.39 is 0 Å². The fraction of sp³-hybridized carbons (Fsp3) is 0.500. The number of aromatic amines is 1. The highest BCUT2D eigenvalue weighted by atomic mass is 16.5. The van der Waals surface area contributed by atoms with Crippen molar-refractivity contribution in [1.82, 2.24) is 19.8 Å². The number of H-pyrrole nitrogens is 1. The van der Waals surface area contributed by atoms with Gasteiger partial charge in [-0.1, -0.05) is 0 Å². The molecule has 0 saturated heterocycles. The van der Waals surface area contributed by atoms with Gasteiger partial charge in [-0.05, 0) is 25.5 Å². The van der Waals surface area contributed by atoms with Gasteiger partial charge in [0.1, 0.15) is 5.82 Å². The molecule has 2 aromatic rings. The Balaban J connectivity index is 1.94. The number of rotatable bonds is 6. The zero-order valence-electron chi connectivity index (χ0n) is 9.64. The lowest BCUT2D eigenvalue weighted by Crippen LogP contribution is -2.14. The molecule has 2 heterocycles. The lowest BCUT2D eigenvalue weighted by molar-refractivity contribution is 0.147. The van der Waals surface area contributed by atoms with Gasteiger partial charge in [-0.2, -0.15) is 9.61 Å². The van der Waals surface area contributed by atoms with Crippen molar-refractivity contribution in [3.63, 3.8) is 0 Å². The molecule has 0 atom stereocenters. The number of fused-ring (bicyclic) bond motifs is 1. The van der Waals surface area contributed by atoms with Gasteiger partial charge in [0.05, 0.1) is 0 Å². The number of nitrogens with one attached hydrogen (secondary N) is 2. The summed E-state index contributed by atoms with van der Waals surface area (Å²) in [7, 11) is 0. The van der Waals surface area contributed by atoms with E-state index in [0.717, 1.165) is 26.2 Å². The third-order valence-electron chi connectivity index (χ3n) is 2.25. The number of hydrogen-bond acceptors (Lipinski definition) is 5. The van der Waals surface area contributed by atoms with Crippen molar-refractivity contribution in [1.29, 1.82) is 0 Å². The molecule has 2 rings (SSSR count). The van der Waals surface area contributed by atoms with E-state index in [1.165, 1.54) is 4.52 Å². The zero-order chi connectivity index (χ0) is 12.1. The first-order valence-corrected chi connectivity index (χ1v) is 5.57. The Morgan fingerprint density at radius 1 is 1.53 bits per heavy atom. The lowest BCUT2D eigenvalue weighted by Gasteiger charge is -2.05. The van der Waals surface area contributed by atoms with Crippen molar-refractivity contribution in [2.75, 3.05) is 25.1 Å². The number of nitrogens with zero attached hydrogens (tertiary/aromatic N) is 3. The quantitative estimate of drug-likeness (QED) is 0.704. The molecule has 0 amide bonds. The van der Waals surface area contributed by atoms with Crippen LogP contribution in [-0.4, -0.2) is 39.6 Å². The second-order valence-corrected chi connectivity index (χ2v) is 3.49. The lowest BCUT2D eigenvalue weighted by atomic mass is 10.4. The highest BCUT2D eigenvalue weighted by Crippen LogP contribution is 2.02. The summed E-state index contributed by atoms with van der Waals surface area (Å²) >= 11 is 0. The van der Waals surface area contributed by atoms with Gasteiger partial charge < -0.3 is 10.1 Å². The Morgan fingerprint density at radius 2 is 2.41 bits per heavy atom. The van der Waals surface area contributed by atoms with Crippen LogP contribution in [0.2, 0.25) is 0 Å². The van der Waals surface area contributed by atoms with Crippen LogP contribution >= 0.6 is 0 Å². The van der Waals surface area contributed by atoms with Crippen LogP contribution in [0.25, 0.3) is 5.65 Å². The van der Waals surface area contributed by atoms with E-state index in [-0.39, 0.29) is 5.69 Å². The highest BCUT2D eigenvalue weighted by Gasteiger charge is 2.01. The van der Waals surface area contributed by atoms with Gasteiger partial charge in [0, 0.05) is 19.8 Å². The summed E-state index contributed by atoms with van der Waals surface area (Å²) in [6.07, 6.45) is 0.897. The summed E-state index contributed by atoms with van der Waals surface area (Å²) in [6, 6.07) is 3.52. The molecule has 0 aliphatic heterocycles. The Bertz CT molecular complexity index is 533. The maximum atomic E-state index is 11.3. The van der Waals surface area contributed by atoms with Crippen LogP contribution in [0.3, 0.4) is 0 Å². The monoisotopic (exact) mass is 237 g/mol. The fourth-order valence-electron chi connectivity index (χ4n) is 1.43. The minimum Gasteiger partial charge on any atom is -0.382 e. The van der Waals surface area contributed by atoms with E-state index in [1.807, 2.05) is 6.92 Å². The summed E-state index contributed by atoms with van der Waals surface area (Å²) < 4.78 is 6.44.